The van der Waals surface area contributed by atoms with E-state index in [0.717, 1.165) is 24.3 Å². The molecule has 0 saturated heterocycles. The average Bonchev–Trinajstić information content (AvgIpc) is 3.04. The smallest absolute Gasteiger partial charge is 0.231 e. The Balaban J connectivity index is 1.83. The first-order chi connectivity index (χ1) is 8.86. The molecule has 0 saturated carbocycles. The molecule has 1 aliphatic rings. The van der Waals surface area contributed by atoms with Gasteiger partial charge in [-0.25, -0.2) is 0 Å². The number of hydrogen-bond donors (Lipinski definition) is 1. The normalized spacial score (nSPS) is 12.9. The summed E-state index contributed by atoms with van der Waals surface area (Å²) in [5, 5.41) is 12.3. The van der Waals surface area contributed by atoms with Gasteiger partial charge in [0.1, 0.15) is 0 Å². The van der Waals surface area contributed by atoms with Gasteiger partial charge in [-0.15, -0.1) is 15.0 Å². The van der Waals surface area contributed by atoms with Crippen molar-refractivity contribution < 1.29 is 9.47 Å². The number of rotatable bonds is 4. The first-order valence-electron chi connectivity index (χ1n) is 5.76. The monoisotopic (exact) mass is 247 g/mol. The SMILES string of the molecule is NCCCc1nnn(-c2ccc3c(c2)OCO3)n1. The minimum Gasteiger partial charge on any atom is -0.454 e. The number of tetrazole rings is 1. The van der Waals surface area contributed by atoms with Crippen molar-refractivity contribution in [3.8, 4) is 17.2 Å². The van der Waals surface area contributed by atoms with Crippen LogP contribution in [0.5, 0.6) is 11.5 Å². The minimum atomic E-state index is 0.255. The molecule has 0 bridgehead atoms. The highest BCUT2D eigenvalue weighted by Crippen LogP contribution is 2.33. The molecule has 0 aliphatic carbocycles. The molecule has 2 N–H and O–H groups in total. The standard InChI is InChI=1S/C11H13N5O2/c12-5-1-2-11-13-15-16(14-11)8-3-4-9-10(6-8)18-7-17-9/h3-4,6H,1-2,5,7,12H2. The van der Waals surface area contributed by atoms with E-state index in [-0.39, 0.29) is 6.79 Å². The molecule has 2 aromatic rings. The van der Waals surface area contributed by atoms with E-state index in [0.29, 0.717) is 18.1 Å². The molecule has 1 aliphatic heterocycles. The lowest BCUT2D eigenvalue weighted by molar-refractivity contribution is 0.174. The van der Waals surface area contributed by atoms with Crippen LogP contribution in [0.1, 0.15) is 12.2 Å². The van der Waals surface area contributed by atoms with Gasteiger partial charge in [-0.1, -0.05) is 0 Å². The summed E-state index contributed by atoms with van der Waals surface area (Å²) in [6, 6.07) is 5.53. The van der Waals surface area contributed by atoms with Crippen LogP contribution in [0, 0.1) is 0 Å². The molecule has 7 nitrogen and oxygen atoms in total. The molecule has 1 aromatic carbocycles. The number of benzene rings is 1. The van der Waals surface area contributed by atoms with Crippen LogP contribution in [-0.4, -0.2) is 33.5 Å². The Hall–Kier alpha value is -2.15. The highest BCUT2D eigenvalue weighted by atomic mass is 16.7. The summed E-state index contributed by atoms with van der Waals surface area (Å²) in [7, 11) is 0. The number of hydrogen-bond acceptors (Lipinski definition) is 6. The van der Waals surface area contributed by atoms with E-state index in [9.17, 15) is 0 Å². The number of aromatic nitrogens is 4. The number of ether oxygens (including phenoxy) is 2. The quantitative estimate of drug-likeness (QED) is 0.835. The first-order valence-corrected chi connectivity index (χ1v) is 5.76. The van der Waals surface area contributed by atoms with Gasteiger partial charge in [0.05, 0.1) is 5.69 Å². The fraction of sp³-hybridized carbons (Fsp3) is 0.364. The van der Waals surface area contributed by atoms with E-state index < -0.39 is 0 Å². The second kappa shape index (κ2) is 4.61. The highest BCUT2D eigenvalue weighted by Gasteiger charge is 2.14. The molecule has 0 unspecified atom stereocenters. The lowest BCUT2D eigenvalue weighted by Gasteiger charge is -2.00. The van der Waals surface area contributed by atoms with Gasteiger partial charge < -0.3 is 15.2 Å². The summed E-state index contributed by atoms with van der Waals surface area (Å²) < 4.78 is 10.6. The third kappa shape index (κ3) is 2.00. The number of fused-ring (bicyclic) bond motifs is 1. The maximum atomic E-state index is 5.44. The van der Waals surface area contributed by atoms with E-state index in [1.807, 2.05) is 18.2 Å². The van der Waals surface area contributed by atoms with Crippen LogP contribution < -0.4 is 15.2 Å². The van der Waals surface area contributed by atoms with E-state index in [2.05, 4.69) is 15.4 Å². The summed E-state index contributed by atoms with van der Waals surface area (Å²) in [6.45, 7) is 0.879. The van der Waals surface area contributed by atoms with Gasteiger partial charge in [0.25, 0.3) is 0 Å². The van der Waals surface area contributed by atoms with Gasteiger partial charge >= 0.3 is 0 Å². The third-order valence-electron chi connectivity index (χ3n) is 2.65. The van der Waals surface area contributed by atoms with E-state index in [1.54, 1.807) is 0 Å². The molecule has 0 atom stereocenters. The molecular weight excluding hydrogens is 234 g/mol. The Bertz CT molecular complexity index is 554. The van der Waals surface area contributed by atoms with Crippen molar-refractivity contribution in [1.29, 1.82) is 0 Å². The Morgan fingerprint density at radius 2 is 2.17 bits per heavy atom. The second-order valence-corrected chi connectivity index (χ2v) is 3.92. The molecule has 2 heterocycles. The third-order valence-corrected chi connectivity index (χ3v) is 2.65. The van der Waals surface area contributed by atoms with Crippen molar-refractivity contribution in [1.82, 2.24) is 20.2 Å². The summed E-state index contributed by atoms with van der Waals surface area (Å²) in [4.78, 5) is 1.48. The Kier molecular flexibility index (Phi) is 2.81. The predicted octanol–water partition coefficient (Wildman–Crippen LogP) is 0.282. The average molecular weight is 247 g/mol. The molecule has 94 valence electrons. The molecule has 3 rings (SSSR count). The van der Waals surface area contributed by atoms with Crippen LogP contribution in [0.4, 0.5) is 0 Å². The lowest BCUT2D eigenvalue weighted by Crippen LogP contribution is -2.02. The van der Waals surface area contributed by atoms with E-state index in [1.165, 1.54) is 4.80 Å². The van der Waals surface area contributed by atoms with Crippen molar-refractivity contribution in [3.63, 3.8) is 0 Å². The van der Waals surface area contributed by atoms with Crippen LogP contribution in [0.15, 0.2) is 18.2 Å². The van der Waals surface area contributed by atoms with Crippen molar-refractivity contribution in [2.45, 2.75) is 12.8 Å². The van der Waals surface area contributed by atoms with Crippen LogP contribution in [0.2, 0.25) is 0 Å². The summed E-state index contributed by atoms with van der Waals surface area (Å²) >= 11 is 0. The van der Waals surface area contributed by atoms with Crippen molar-refractivity contribution in [2.75, 3.05) is 13.3 Å². The maximum Gasteiger partial charge on any atom is 0.231 e. The molecule has 7 heteroatoms. The molecular formula is C11H13N5O2. The molecule has 0 spiro atoms. The molecule has 0 radical (unpaired) electrons. The van der Waals surface area contributed by atoms with Crippen LogP contribution in [-0.2, 0) is 6.42 Å². The van der Waals surface area contributed by atoms with Crippen molar-refractivity contribution in [2.24, 2.45) is 5.73 Å². The lowest BCUT2D eigenvalue weighted by atomic mass is 10.3. The molecule has 0 fully saturated rings. The zero-order valence-electron chi connectivity index (χ0n) is 9.74. The number of nitrogens with zero attached hydrogens (tertiary/aromatic N) is 4. The number of aryl methyl sites for hydroxylation is 1. The molecule has 18 heavy (non-hydrogen) atoms. The highest BCUT2D eigenvalue weighted by molar-refractivity contribution is 5.49. The Morgan fingerprint density at radius 1 is 1.28 bits per heavy atom. The van der Waals surface area contributed by atoms with Gasteiger partial charge in [-0.3, -0.25) is 0 Å². The van der Waals surface area contributed by atoms with Gasteiger partial charge in [0.2, 0.25) is 6.79 Å². The molecule has 0 amide bonds. The zero-order valence-corrected chi connectivity index (χ0v) is 9.74. The van der Waals surface area contributed by atoms with Gasteiger partial charge in [-0.2, -0.15) is 0 Å². The van der Waals surface area contributed by atoms with E-state index >= 15 is 0 Å². The maximum absolute atomic E-state index is 5.44. The zero-order chi connectivity index (χ0) is 12.4. The minimum absolute atomic E-state index is 0.255. The first kappa shape index (κ1) is 11.0. The summed E-state index contributed by atoms with van der Waals surface area (Å²) in [6.07, 6.45) is 1.59. The van der Waals surface area contributed by atoms with Gasteiger partial charge in [-0.05, 0) is 30.3 Å². The van der Waals surface area contributed by atoms with Crippen LogP contribution >= 0.6 is 0 Å². The number of nitrogens with two attached hydrogens (primary N) is 1. The van der Waals surface area contributed by atoms with Gasteiger partial charge in [0, 0.05) is 12.5 Å². The van der Waals surface area contributed by atoms with Crippen LogP contribution in [0.3, 0.4) is 0 Å². The largest absolute Gasteiger partial charge is 0.454 e. The second-order valence-electron chi connectivity index (χ2n) is 3.92. The van der Waals surface area contributed by atoms with E-state index in [4.69, 9.17) is 15.2 Å². The summed E-state index contributed by atoms with van der Waals surface area (Å²) in [5.41, 5.74) is 6.24. The topological polar surface area (TPSA) is 88.1 Å². The van der Waals surface area contributed by atoms with Crippen molar-refractivity contribution >= 4 is 0 Å². The fourth-order valence-corrected chi connectivity index (χ4v) is 1.72. The molecule has 1 aromatic heterocycles. The van der Waals surface area contributed by atoms with Crippen LogP contribution in [0.25, 0.3) is 5.69 Å². The summed E-state index contributed by atoms with van der Waals surface area (Å²) in [5.74, 6) is 2.13. The fourth-order valence-electron chi connectivity index (χ4n) is 1.72. The predicted molar refractivity (Wildman–Crippen MR) is 62.7 cm³/mol. The Morgan fingerprint density at radius 3 is 3.06 bits per heavy atom. The van der Waals surface area contributed by atoms with Gasteiger partial charge in [0.15, 0.2) is 17.3 Å². The Labute approximate surface area is 103 Å². The van der Waals surface area contributed by atoms with Crippen molar-refractivity contribution in [3.05, 3.63) is 24.0 Å².